The summed E-state index contributed by atoms with van der Waals surface area (Å²) in [5.74, 6) is 7.72. The Kier molecular flexibility index (Phi) is 8.01. The lowest BCUT2D eigenvalue weighted by molar-refractivity contribution is -0.114. The van der Waals surface area contributed by atoms with Crippen molar-refractivity contribution in [3.63, 3.8) is 0 Å². The van der Waals surface area contributed by atoms with Crippen LogP contribution in [-0.4, -0.2) is 3.74 Å². The van der Waals surface area contributed by atoms with Crippen molar-refractivity contribution in [3.05, 3.63) is 0 Å². The zero-order chi connectivity index (χ0) is 22.4. The van der Waals surface area contributed by atoms with Gasteiger partial charge in [0, 0.05) is 0 Å². The van der Waals surface area contributed by atoms with Crippen LogP contribution in [0.1, 0.15) is 118 Å². The monoisotopic (exact) mass is 556 g/mol. The second-order valence-electron chi connectivity index (χ2n) is 13.3. The van der Waals surface area contributed by atoms with E-state index in [9.17, 15) is 0 Å². The van der Waals surface area contributed by atoms with Crippen molar-refractivity contribution in [2.45, 2.75) is 122 Å². The lowest BCUT2D eigenvalue weighted by atomic mass is 9.44. The molecule has 0 amide bonds. The molecular weight excluding hydrogens is 508 g/mol. The molecule has 0 saturated heterocycles. The topological polar surface area (TPSA) is 0 Å². The number of halogens is 2. The number of alkyl halides is 2. The fourth-order valence-corrected chi connectivity index (χ4v) is 10.9. The molecule has 180 valence electrons. The summed E-state index contributed by atoms with van der Waals surface area (Å²) in [4.78, 5) is 0. The zero-order valence-electron chi connectivity index (χ0n) is 21.1. The van der Waals surface area contributed by atoms with E-state index >= 15 is 0 Å². The molecule has 0 aromatic carbocycles. The highest BCUT2D eigenvalue weighted by molar-refractivity contribution is 9.24. The largest absolute Gasteiger partial charge is 0.0765 e. The molecule has 1 unspecified atom stereocenters. The summed E-state index contributed by atoms with van der Waals surface area (Å²) in [5, 5.41) is 0. The van der Waals surface area contributed by atoms with Gasteiger partial charge in [0.25, 0.3) is 0 Å². The fourth-order valence-electron chi connectivity index (χ4n) is 9.90. The molecule has 31 heavy (non-hydrogen) atoms. The molecule has 0 aliphatic heterocycles. The summed E-state index contributed by atoms with van der Waals surface area (Å²) in [7, 11) is 0. The van der Waals surface area contributed by atoms with E-state index in [1.54, 1.807) is 38.5 Å². The van der Waals surface area contributed by atoms with Gasteiger partial charge >= 0.3 is 0 Å². The van der Waals surface area contributed by atoms with Crippen LogP contribution >= 0.6 is 31.9 Å². The molecule has 4 aliphatic carbocycles. The Bertz CT molecular complexity index is 600. The van der Waals surface area contributed by atoms with Crippen LogP contribution in [0.3, 0.4) is 0 Å². The Morgan fingerprint density at radius 1 is 0.774 bits per heavy atom. The SMILES string of the molecule is CC(C)[C@@H](CC[C@@H](C)[C@H]1CC[C@H]2[C@@H]3CCC4CCCC[C@]4(C)[C@H]3CC[C@]12C)CC(Br)Br. The third-order valence-corrected chi connectivity index (χ3v) is 12.5. The van der Waals surface area contributed by atoms with Crippen LogP contribution in [0.5, 0.6) is 0 Å². The summed E-state index contributed by atoms with van der Waals surface area (Å²) in [5.41, 5.74) is 1.33. The summed E-state index contributed by atoms with van der Waals surface area (Å²) >= 11 is 7.50. The first-order chi connectivity index (χ1) is 14.7. The highest BCUT2D eigenvalue weighted by Gasteiger charge is 2.60. The van der Waals surface area contributed by atoms with E-state index in [-0.39, 0.29) is 0 Å². The number of hydrogen-bond acceptors (Lipinski definition) is 0. The fraction of sp³-hybridized carbons (Fsp3) is 1.00. The minimum atomic E-state index is 0.475. The molecular formula is C29H50Br2. The average Bonchev–Trinajstić information content (AvgIpc) is 3.07. The predicted molar refractivity (Wildman–Crippen MR) is 143 cm³/mol. The van der Waals surface area contributed by atoms with Crippen LogP contribution in [0.2, 0.25) is 0 Å². The molecule has 0 aromatic rings. The van der Waals surface area contributed by atoms with Crippen LogP contribution in [0.4, 0.5) is 0 Å². The maximum Gasteiger partial charge on any atom is 0.0700 e. The third kappa shape index (κ3) is 4.75. The van der Waals surface area contributed by atoms with Crippen molar-refractivity contribution in [3.8, 4) is 0 Å². The van der Waals surface area contributed by atoms with Crippen LogP contribution in [0, 0.1) is 58.2 Å². The van der Waals surface area contributed by atoms with Crippen molar-refractivity contribution in [2.24, 2.45) is 58.2 Å². The summed E-state index contributed by atoms with van der Waals surface area (Å²) in [6, 6.07) is 0. The molecule has 0 spiro atoms. The molecule has 0 nitrogen and oxygen atoms in total. The first-order valence-electron chi connectivity index (χ1n) is 13.9. The van der Waals surface area contributed by atoms with Crippen LogP contribution in [0.25, 0.3) is 0 Å². The van der Waals surface area contributed by atoms with Gasteiger partial charge in [0.05, 0.1) is 3.74 Å². The molecule has 4 fully saturated rings. The van der Waals surface area contributed by atoms with Gasteiger partial charge in [-0.1, -0.05) is 85.7 Å². The van der Waals surface area contributed by atoms with Gasteiger partial charge in [0.1, 0.15) is 0 Å². The average molecular weight is 559 g/mol. The summed E-state index contributed by atoms with van der Waals surface area (Å²) in [6.07, 6.45) is 19.5. The normalized spacial score (nSPS) is 44.6. The van der Waals surface area contributed by atoms with Crippen molar-refractivity contribution in [2.75, 3.05) is 0 Å². The summed E-state index contributed by atoms with van der Waals surface area (Å²) < 4.78 is 0.475. The van der Waals surface area contributed by atoms with Gasteiger partial charge in [-0.2, -0.15) is 0 Å². The molecule has 0 bridgehead atoms. The molecule has 0 N–H and O–H groups in total. The molecule has 4 aliphatic rings. The van der Waals surface area contributed by atoms with Gasteiger partial charge < -0.3 is 0 Å². The molecule has 9 atom stereocenters. The van der Waals surface area contributed by atoms with Crippen LogP contribution < -0.4 is 0 Å². The van der Waals surface area contributed by atoms with Crippen molar-refractivity contribution < 1.29 is 0 Å². The second kappa shape index (κ2) is 9.91. The first kappa shape index (κ1) is 25.1. The number of rotatable bonds is 7. The van der Waals surface area contributed by atoms with Crippen LogP contribution in [-0.2, 0) is 0 Å². The number of fused-ring (bicyclic) bond motifs is 5. The highest BCUT2D eigenvalue weighted by atomic mass is 79.9. The first-order valence-corrected chi connectivity index (χ1v) is 15.8. The highest BCUT2D eigenvalue weighted by Crippen LogP contribution is 2.68. The lowest BCUT2D eigenvalue weighted by Crippen LogP contribution is -2.53. The molecule has 4 rings (SSSR count). The standard InChI is InChI=1S/C29H50Br2/c1-19(2)21(18-27(30)31)10-9-20(3)24-13-14-25-23-12-11-22-8-6-7-16-28(22,4)26(23)15-17-29(24,25)5/h19-27H,6-18H2,1-5H3/t20-,21+,22?,23+,24-,25+,26+,28+,29-/m1/s1. The summed E-state index contributed by atoms with van der Waals surface area (Å²) in [6.45, 7) is 13.0. The van der Waals surface area contributed by atoms with Crippen molar-refractivity contribution in [1.29, 1.82) is 0 Å². The molecule has 2 heteroatoms. The Morgan fingerprint density at radius 2 is 1.52 bits per heavy atom. The minimum absolute atomic E-state index is 0.475. The quantitative estimate of drug-likeness (QED) is 0.273. The Morgan fingerprint density at radius 3 is 2.23 bits per heavy atom. The van der Waals surface area contributed by atoms with E-state index < -0.39 is 0 Å². The maximum atomic E-state index is 3.75. The van der Waals surface area contributed by atoms with Gasteiger partial charge in [-0.25, -0.2) is 0 Å². The Hall–Kier alpha value is 0.960. The minimum Gasteiger partial charge on any atom is -0.0765 e. The van der Waals surface area contributed by atoms with Gasteiger partial charge in [-0.05, 0) is 122 Å². The second-order valence-corrected chi connectivity index (χ2v) is 16.8. The molecule has 0 heterocycles. The molecule has 4 saturated carbocycles. The van der Waals surface area contributed by atoms with Crippen LogP contribution in [0.15, 0.2) is 0 Å². The molecule has 0 radical (unpaired) electrons. The van der Waals surface area contributed by atoms with E-state index in [4.69, 9.17) is 0 Å². The lowest BCUT2D eigenvalue weighted by Gasteiger charge is -2.61. The van der Waals surface area contributed by atoms with E-state index in [1.165, 1.54) is 44.9 Å². The number of hydrogen-bond donors (Lipinski definition) is 0. The Labute approximate surface area is 211 Å². The van der Waals surface area contributed by atoms with Gasteiger partial charge in [-0.3, -0.25) is 0 Å². The van der Waals surface area contributed by atoms with Gasteiger partial charge in [-0.15, -0.1) is 0 Å². The zero-order valence-corrected chi connectivity index (χ0v) is 24.3. The van der Waals surface area contributed by atoms with E-state index in [0.717, 1.165) is 47.3 Å². The Balaban J connectivity index is 1.42. The predicted octanol–water partition coefficient (Wildman–Crippen LogP) is 10.2. The maximum absolute atomic E-state index is 3.75. The van der Waals surface area contributed by atoms with E-state index in [0.29, 0.717) is 14.6 Å². The third-order valence-electron chi connectivity index (χ3n) is 11.8. The molecule has 0 aromatic heterocycles. The van der Waals surface area contributed by atoms with Crippen molar-refractivity contribution >= 4 is 31.9 Å². The van der Waals surface area contributed by atoms with Gasteiger partial charge in [0.15, 0.2) is 0 Å². The van der Waals surface area contributed by atoms with Gasteiger partial charge in [0.2, 0.25) is 0 Å². The smallest absolute Gasteiger partial charge is 0.0700 e. The van der Waals surface area contributed by atoms with E-state index in [2.05, 4.69) is 66.5 Å². The van der Waals surface area contributed by atoms with Crippen molar-refractivity contribution in [1.82, 2.24) is 0 Å². The van der Waals surface area contributed by atoms with E-state index in [1.807, 2.05) is 0 Å².